The molecule has 0 spiro atoms. The average Bonchev–Trinajstić information content (AvgIpc) is 1.51. The van der Waals surface area contributed by atoms with Crippen LogP contribution in [0.25, 0.3) is 230 Å². The van der Waals surface area contributed by atoms with Gasteiger partial charge < -0.3 is 22.7 Å². The molecule has 0 unspecified atom stereocenters. The van der Waals surface area contributed by atoms with Crippen LogP contribution in [0.3, 0.4) is 0 Å². The summed E-state index contributed by atoms with van der Waals surface area (Å²) >= 11 is 1.89. The Labute approximate surface area is 659 Å². The zero-order chi connectivity index (χ0) is 74.6. The first kappa shape index (κ1) is 64.0. The van der Waals surface area contributed by atoms with Gasteiger partial charge in [-0.15, -0.1) is 11.3 Å². The van der Waals surface area contributed by atoms with Crippen LogP contribution in [0.4, 0.5) is 0 Å². The molecule has 6 heterocycles. The van der Waals surface area contributed by atoms with Gasteiger partial charge in [0.25, 0.3) is 0 Å². The standard InChI is InChI=1S/C108H66N4OS/c1-4-27-67(28-5-1)75-35-10-11-36-79(75)85-59-61-97(107-104(85)89-41-16-22-51-101(89)113-107)111-93-47-19-12-37-80(93)83-57-54-71(65-99(83)111)77-43-26-50-96-103(77)88-40-15-21-49-95(88)109(96)74-34-24-31-69(63-74)70-53-56-76(68-29-6-2-7-30-68)91(64-70)86-60-62-98(108-105(86)90-42-17-23-52-102(90)114-108)112-94-48-20-13-38-81(94)84-58-55-72(66-100(84)112)78-44-25-45-87-82-39-14-18-46-92(82)110(106(78)87)73-32-8-3-9-33-73/h1-66H. The first-order valence-corrected chi connectivity index (χ1v) is 39.9. The summed E-state index contributed by atoms with van der Waals surface area (Å²) in [7, 11) is 0. The number of nitrogens with zero attached hydrogens (tertiary/aromatic N) is 4. The second-order valence-electron chi connectivity index (χ2n) is 30.1. The predicted molar refractivity (Wildman–Crippen MR) is 482 cm³/mol. The van der Waals surface area contributed by atoms with Crippen LogP contribution in [0.5, 0.6) is 0 Å². The molecule has 0 saturated carbocycles. The third-order valence-electron chi connectivity index (χ3n) is 24.0. The van der Waals surface area contributed by atoms with Gasteiger partial charge in [0, 0.05) is 86.3 Å². The van der Waals surface area contributed by atoms with Crippen molar-refractivity contribution in [2.45, 2.75) is 0 Å². The van der Waals surface area contributed by atoms with Crippen LogP contribution in [0, 0.1) is 0 Å². The van der Waals surface area contributed by atoms with Gasteiger partial charge in [0.2, 0.25) is 0 Å². The van der Waals surface area contributed by atoms with Crippen LogP contribution in [0.1, 0.15) is 0 Å². The Bertz CT molecular complexity index is 8100. The van der Waals surface area contributed by atoms with E-state index in [1.165, 1.54) is 130 Å². The number of thiophene rings is 1. The van der Waals surface area contributed by atoms with Crippen LogP contribution < -0.4 is 0 Å². The molecule has 0 atom stereocenters. The van der Waals surface area contributed by atoms with Crippen molar-refractivity contribution in [3.63, 3.8) is 0 Å². The Morgan fingerprint density at radius 2 is 0.649 bits per heavy atom. The monoisotopic (exact) mass is 1470 g/mol. The zero-order valence-corrected chi connectivity index (χ0v) is 62.5. The van der Waals surface area contributed by atoms with E-state index in [9.17, 15) is 0 Å². The number of para-hydroxylation sites is 7. The molecule has 5 nitrogen and oxygen atoms in total. The number of benzene rings is 18. The van der Waals surface area contributed by atoms with E-state index >= 15 is 0 Å². The van der Waals surface area contributed by atoms with Gasteiger partial charge in [-0.2, -0.15) is 0 Å². The quantitative estimate of drug-likeness (QED) is 0.127. The molecule has 114 heavy (non-hydrogen) atoms. The van der Waals surface area contributed by atoms with Gasteiger partial charge in [-0.25, -0.2) is 0 Å². The maximum absolute atomic E-state index is 7.14. The van der Waals surface area contributed by atoms with Gasteiger partial charge in [-0.3, -0.25) is 0 Å². The molecule has 0 aliphatic heterocycles. The Hall–Kier alpha value is -14.8. The minimum absolute atomic E-state index is 0.851. The highest BCUT2D eigenvalue weighted by atomic mass is 32.1. The SMILES string of the molecule is c1ccc(-c2ccccc2-c2ccc(-n3c4ccccc4c4ccc(-c5cccc6c5c5ccccc5n6-c5cccc(-c6ccc(-c7ccccc7)c(-c7ccc(-n8c9ccccc9c9ccc(-c%10cccc%11c%12ccccc%12n(-c%12ccccc%12)c%10%11)cc98)c8sc9ccccc9c78)c6)c5)cc43)c3oc4ccccc4c23)cc1. The Balaban J connectivity index is 0.654. The number of rotatable bonds is 11. The van der Waals surface area contributed by atoms with Crippen molar-refractivity contribution in [1.82, 2.24) is 18.3 Å². The molecule has 0 saturated heterocycles. The summed E-state index contributed by atoms with van der Waals surface area (Å²) in [6.45, 7) is 0. The number of hydrogen-bond acceptors (Lipinski definition) is 2. The molecule has 0 aliphatic rings. The van der Waals surface area contributed by atoms with Crippen LogP contribution in [0.2, 0.25) is 0 Å². The van der Waals surface area contributed by atoms with Crippen molar-refractivity contribution in [2.75, 3.05) is 0 Å². The van der Waals surface area contributed by atoms with E-state index in [-0.39, 0.29) is 0 Å². The number of fused-ring (bicyclic) bond motifs is 18. The molecule has 0 fully saturated rings. The molecule has 6 heteroatoms. The van der Waals surface area contributed by atoms with Crippen LogP contribution in [-0.4, -0.2) is 18.3 Å². The van der Waals surface area contributed by atoms with Gasteiger partial charge >= 0.3 is 0 Å². The summed E-state index contributed by atoms with van der Waals surface area (Å²) in [5.41, 5.74) is 31.6. The van der Waals surface area contributed by atoms with Crippen molar-refractivity contribution in [1.29, 1.82) is 0 Å². The molecule has 6 aromatic heterocycles. The molecule has 0 amide bonds. The molecule has 0 bridgehead atoms. The smallest absolute Gasteiger partial charge is 0.160 e. The minimum Gasteiger partial charge on any atom is -0.454 e. The maximum atomic E-state index is 7.14. The van der Waals surface area contributed by atoms with Crippen LogP contribution >= 0.6 is 11.3 Å². The topological polar surface area (TPSA) is 32.9 Å². The second kappa shape index (κ2) is 25.4. The highest BCUT2D eigenvalue weighted by molar-refractivity contribution is 7.26. The van der Waals surface area contributed by atoms with E-state index in [4.69, 9.17) is 4.42 Å². The highest BCUT2D eigenvalue weighted by Gasteiger charge is 2.27. The van der Waals surface area contributed by atoms with Crippen molar-refractivity contribution in [2.24, 2.45) is 0 Å². The van der Waals surface area contributed by atoms with Gasteiger partial charge in [0.05, 0.1) is 60.2 Å². The fourth-order valence-electron chi connectivity index (χ4n) is 19.1. The molecule has 0 N–H and O–H groups in total. The Morgan fingerprint density at radius 3 is 1.36 bits per heavy atom. The lowest BCUT2D eigenvalue weighted by atomic mass is 9.89. The van der Waals surface area contributed by atoms with Gasteiger partial charge in [-0.05, 0) is 169 Å². The first-order valence-electron chi connectivity index (χ1n) is 39.1. The van der Waals surface area contributed by atoms with E-state index in [2.05, 4.69) is 419 Å². The van der Waals surface area contributed by atoms with Gasteiger partial charge in [0.15, 0.2) is 5.58 Å². The molecule has 0 aliphatic carbocycles. The fraction of sp³-hybridized carbons (Fsp3) is 0. The molecule has 0 radical (unpaired) electrons. The molecular weight excluding hydrogens is 1400 g/mol. The van der Waals surface area contributed by atoms with Crippen LogP contribution in [-0.2, 0) is 0 Å². The predicted octanol–water partition coefficient (Wildman–Crippen LogP) is 30.0. The lowest BCUT2D eigenvalue weighted by Crippen LogP contribution is -1.97. The number of furan rings is 1. The third-order valence-corrected chi connectivity index (χ3v) is 25.2. The first-order chi connectivity index (χ1) is 56.6. The van der Waals surface area contributed by atoms with E-state index in [1.807, 2.05) is 11.3 Å². The normalized spacial score (nSPS) is 12.0. The van der Waals surface area contributed by atoms with Crippen molar-refractivity contribution < 1.29 is 4.42 Å². The summed E-state index contributed by atoms with van der Waals surface area (Å²) in [5.74, 6) is 0. The van der Waals surface area contributed by atoms with E-state index in [0.29, 0.717) is 0 Å². The van der Waals surface area contributed by atoms with E-state index < -0.39 is 0 Å². The summed E-state index contributed by atoms with van der Waals surface area (Å²) in [6, 6.07) is 148. The van der Waals surface area contributed by atoms with Crippen molar-refractivity contribution >= 4 is 141 Å². The molecule has 18 aromatic carbocycles. The molecule has 530 valence electrons. The minimum atomic E-state index is 0.851. The van der Waals surface area contributed by atoms with E-state index in [0.717, 1.165) is 100 Å². The fourth-order valence-corrected chi connectivity index (χ4v) is 20.3. The maximum Gasteiger partial charge on any atom is 0.160 e. The Morgan fingerprint density at radius 1 is 0.202 bits per heavy atom. The Kier molecular flexibility index (Phi) is 14.3. The largest absolute Gasteiger partial charge is 0.454 e. The lowest BCUT2D eigenvalue weighted by molar-refractivity contribution is 0.666. The zero-order valence-electron chi connectivity index (χ0n) is 61.7. The number of aromatic nitrogens is 4. The van der Waals surface area contributed by atoms with Gasteiger partial charge in [0.1, 0.15) is 5.58 Å². The number of hydrogen-bond donors (Lipinski definition) is 0. The van der Waals surface area contributed by atoms with Crippen molar-refractivity contribution in [3.05, 3.63) is 400 Å². The highest BCUT2D eigenvalue weighted by Crippen LogP contribution is 2.51. The lowest BCUT2D eigenvalue weighted by Gasteiger charge is -2.17. The molecular formula is C108H66N4OS. The molecule has 24 aromatic rings. The summed E-state index contributed by atoms with van der Waals surface area (Å²) in [4.78, 5) is 0. The van der Waals surface area contributed by atoms with Gasteiger partial charge in [-0.1, -0.05) is 303 Å². The summed E-state index contributed by atoms with van der Waals surface area (Å²) in [5, 5.41) is 14.3. The summed E-state index contributed by atoms with van der Waals surface area (Å²) < 4.78 is 19.5. The van der Waals surface area contributed by atoms with E-state index in [1.54, 1.807) is 0 Å². The molecule has 24 rings (SSSR count). The average molecular weight is 1470 g/mol. The second-order valence-corrected chi connectivity index (χ2v) is 31.1. The third kappa shape index (κ3) is 9.65. The summed E-state index contributed by atoms with van der Waals surface area (Å²) in [6.07, 6.45) is 0. The van der Waals surface area contributed by atoms with Crippen LogP contribution in [0.15, 0.2) is 405 Å². The van der Waals surface area contributed by atoms with Crippen molar-refractivity contribution in [3.8, 4) is 101 Å².